The van der Waals surface area contributed by atoms with Gasteiger partial charge in [-0.3, -0.25) is 0 Å². The summed E-state index contributed by atoms with van der Waals surface area (Å²) < 4.78 is 18.9. The van der Waals surface area contributed by atoms with E-state index in [1.54, 1.807) is 0 Å². The van der Waals surface area contributed by atoms with Gasteiger partial charge in [-0.2, -0.15) is 0 Å². The molecule has 3 nitrogen and oxygen atoms in total. The van der Waals surface area contributed by atoms with Crippen LogP contribution in [0.5, 0.6) is 0 Å². The van der Waals surface area contributed by atoms with Crippen LogP contribution in [0, 0.1) is 0 Å². The van der Waals surface area contributed by atoms with Crippen molar-refractivity contribution in [2.45, 2.75) is 51.0 Å². The molecule has 0 aliphatic carbocycles. The van der Waals surface area contributed by atoms with Crippen LogP contribution in [0.3, 0.4) is 0 Å². The number of rotatable bonds is 7. The second-order valence-corrected chi connectivity index (χ2v) is 8.68. The highest BCUT2D eigenvalue weighted by Crippen LogP contribution is 2.27. The molecule has 0 bridgehead atoms. The predicted octanol–water partition coefficient (Wildman–Crippen LogP) is 4.87. The Bertz CT molecular complexity index is 566. The molecule has 0 radical (unpaired) electrons. The van der Waals surface area contributed by atoms with Crippen LogP contribution < -0.4 is 0 Å². The zero-order valence-corrected chi connectivity index (χ0v) is 16.3. The Morgan fingerprint density at radius 2 is 1.36 bits per heavy atom. The summed E-state index contributed by atoms with van der Waals surface area (Å²) >= 11 is 0. The standard InChI is InChI=1S/C21H28O3Si/c1-17(19-11-5-3-6-12-19)23-25(21-15-9-10-16-22-21)24-18(2)20-13-7-4-8-14-20/h3-8,11-14,17-18,21,25H,9-10,15-16H2,1-2H3. The Labute approximate surface area is 152 Å². The zero-order valence-electron chi connectivity index (χ0n) is 15.1. The van der Waals surface area contributed by atoms with Crippen molar-refractivity contribution in [3.8, 4) is 0 Å². The van der Waals surface area contributed by atoms with E-state index in [0.29, 0.717) is 0 Å². The van der Waals surface area contributed by atoms with E-state index in [2.05, 4.69) is 62.4 Å². The molecule has 1 saturated heterocycles. The third-order valence-electron chi connectivity index (χ3n) is 4.73. The summed E-state index contributed by atoms with van der Waals surface area (Å²) in [5.41, 5.74) is 2.50. The molecule has 0 spiro atoms. The molecule has 134 valence electrons. The van der Waals surface area contributed by atoms with Gasteiger partial charge in [-0.1, -0.05) is 60.7 Å². The van der Waals surface area contributed by atoms with E-state index in [-0.39, 0.29) is 17.9 Å². The van der Waals surface area contributed by atoms with E-state index < -0.39 is 9.28 Å². The van der Waals surface area contributed by atoms with Crippen molar-refractivity contribution in [3.05, 3.63) is 71.8 Å². The smallest absolute Gasteiger partial charge is 0.352 e. The van der Waals surface area contributed by atoms with Crippen molar-refractivity contribution >= 4 is 9.28 Å². The molecule has 0 aromatic heterocycles. The monoisotopic (exact) mass is 356 g/mol. The van der Waals surface area contributed by atoms with E-state index in [0.717, 1.165) is 19.4 Å². The van der Waals surface area contributed by atoms with Crippen LogP contribution >= 0.6 is 0 Å². The van der Waals surface area contributed by atoms with Gasteiger partial charge in [0, 0.05) is 6.61 Å². The number of hydrogen-bond donors (Lipinski definition) is 0. The van der Waals surface area contributed by atoms with Crippen molar-refractivity contribution in [1.29, 1.82) is 0 Å². The largest absolute Gasteiger partial charge is 0.388 e. The summed E-state index contributed by atoms with van der Waals surface area (Å²) in [5, 5.41) is 0. The third kappa shape index (κ3) is 5.25. The molecule has 3 atom stereocenters. The molecule has 0 saturated carbocycles. The second kappa shape index (κ2) is 9.29. The van der Waals surface area contributed by atoms with Crippen LogP contribution in [0.4, 0.5) is 0 Å². The molecule has 1 aliphatic heterocycles. The molecule has 2 aromatic rings. The normalized spacial score (nSPS) is 21.4. The van der Waals surface area contributed by atoms with E-state index in [1.807, 2.05) is 12.1 Å². The first-order valence-corrected chi connectivity index (χ1v) is 10.9. The van der Waals surface area contributed by atoms with Crippen LogP contribution in [-0.4, -0.2) is 21.6 Å². The maximum Gasteiger partial charge on any atom is 0.352 e. The molecule has 3 rings (SSSR count). The number of ether oxygens (including phenoxy) is 1. The van der Waals surface area contributed by atoms with Crippen molar-refractivity contribution in [2.75, 3.05) is 6.61 Å². The Morgan fingerprint density at radius 3 is 1.80 bits per heavy atom. The lowest BCUT2D eigenvalue weighted by Gasteiger charge is -2.32. The topological polar surface area (TPSA) is 27.7 Å². The summed E-state index contributed by atoms with van der Waals surface area (Å²) in [6, 6.07) is 20.7. The minimum atomic E-state index is -1.99. The lowest BCUT2D eigenvalue weighted by Crippen LogP contribution is -2.42. The molecule has 0 amide bonds. The van der Waals surface area contributed by atoms with Gasteiger partial charge in [-0.05, 0) is 44.2 Å². The summed E-state index contributed by atoms with van der Waals surface area (Å²) in [6.07, 6.45) is 3.41. The summed E-state index contributed by atoms with van der Waals surface area (Å²) in [4.78, 5) is 0. The van der Waals surface area contributed by atoms with Gasteiger partial charge in [0.25, 0.3) is 0 Å². The molecular weight excluding hydrogens is 328 g/mol. The van der Waals surface area contributed by atoms with Crippen LogP contribution in [0.25, 0.3) is 0 Å². The van der Waals surface area contributed by atoms with Crippen LogP contribution in [0.1, 0.15) is 56.4 Å². The van der Waals surface area contributed by atoms with Crippen molar-refractivity contribution in [3.63, 3.8) is 0 Å². The van der Waals surface area contributed by atoms with Crippen LogP contribution in [0.2, 0.25) is 0 Å². The SMILES string of the molecule is CC(O[SiH](OC(C)c1ccccc1)C1CCCCO1)c1ccccc1. The highest BCUT2D eigenvalue weighted by atomic mass is 28.3. The Hall–Kier alpha value is -1.46. The van der Waals surface area contributed by atoms with E-state index >= 15 is 0 Å². The third-order valence-corrected chi connectivity index (χ3v) is 7.22. The van der Waals surface area contributed by atoms with Gasteiger partial charge >= 0.3 is 9.28 Å². The Balaban J connectivity index is 1.70. The van der Waals surface area contributed by atoms with Gasteiger partial charge < -0.3 is 13.6 Å². The van der Waals surface area contributed by atoms with Crippen molar-refractivity contribution in [2.24, 2.45) is 0 Å². The maximum absolute atomic E-state index is 6.46. The van der Waals surface area contributed by atoms with E-state index in [9.17, 15) is 0 Å². The minimum Gasteiger partial charge on any atom is -0.388 e. The highest BCUT2D eigenvalue weighted by molar-refractivity contribution is 6.46. The lowest BCUT2D eigenvalue weighted by atomic mass is 10.1. The summed E-state index contributed by atoms with van der Waals surface area (Å²) in [5.74, 6) is 0. The van der Waals surface area contributed by atoms with Gasteiger partial charge in [0.1, 0.15) is 0 Å². The Morgan fingerprint density at radius 1 is 0.840 bits per heavy atom. The maximum atomic E-state index is 6.46. The van der Waals surface area contributed by atoms with Gasteiger partial charge in [-0.25, -0.2) is 0 Å². The van der Waals surface area contributed by atoms with E-state index in [1.165, 1.54) is 17.5 Å². The first-order valence-electron chi connectivity index (χ1n) is 9.26. The zero-order chi connectivity index (χ0) is 17.5. The van der Waals surface area contributed by atoms with E-state index in [4.69, 9.17) is 13.6 Å². The molecule has 4 heteroatoms. The molecule has 3 unspecified atom stereocenters. The predicted molar refractivity (Wildman–Crippen MR) is 103 cm³/mol. The average Bonchev–Trinajstić information content (AvgIpc) is 2.69. The Kier molecular flexibility index (Phi) is 6.82. The highest BCUT2D eigenvalue weighted by Gasteiger charge is 2.32. The first-order chi connectivity index (χ1) is 12.2. The fourth-order valence-electron chi connectivity index (χ4n) is 3.20. The summed E-state index contributed by atoms with van der Waals surface area (Å²) in [7, 11) is -1.99. The van der Waals surface area contributed by atoms with Crippen LogP contribution in [-0.2, 0) is 13.6 Å². The fourth-order valence-corrected chi connectivity index (χ4v) is 5.53. The van der Waals surface area contributed by atoms with Crippen molar-refractivity contribution < 1.29 is 13.6 Å². The molecule has 25 heavy (non-hydrogen) atoms. The molecular formula is C21H28O3Si. The van der Waals surface area contributed by atoms with Gasteiger partial charge in [0.05, 0.1) is 17.9 Å². The molecule has 1 aliphatic rings. The number of hydrogen-bond acceptors (Lipinski definition) is 3. The summed E-state index contributed by atoms with van der Waals surface area (Å²) in [6.45, 7) is 5.03. The molecule has 1 heterocycles. The molecule has 0 N–H and O–H groups in total. The molecule has 2 aromatic carbocycles. The van der Waals surface area contributed by atoms with Gasteiger partial charge in [0.2, 0.25) is 0 Å². The lowest BCUT2D eigenvalue weighted by molar-refractivity contribution is 0.0101. The second-order valence-electron chi connectivity index (χ2n) is 6.65. The number of benzene rings is 2. The van der Waals surface area contributed by atoms with Gasteiger partial charge in [0.15, 0.2) is 0 Å². The van der Waals surface area contributed by atoms with Crippen LogP contribution in [0.15, 0.2) is 60.7 Å². The molecule has 1 fully saturated rings. The minimum absolute atomic E-state index is 0.0198. The van der Waals surface area contributed by atoms with Crippen molar-refractivity contribution in [1.82, 2.24) is 0 Å². The fraction of sp³-hybridized carbons (Fsp3) is 0.429. The van der Waals surface area contributed by atoms with Gasteiger partial charge in [-0.15, -0.1) is 0 Å². The first kappa shape index (κ1) is 18.3. The quantitative estimate of drug-likeness (QED) is 0.662. The average molecular weight is 357 g/mol.